The highest BCUT2D eigenvalue weighted by molar-refractivity contribution is 5.91. The van der Waals surface area contributed by atoms with Crippen LogP contribution in [0.2, 0.25) is 0 Å². The molecule has 0 fully saturated rings. The van der Waals surface area contributed by atoms with E-state index in [-0.39, 0.29) is 12.8 Å². The van der Waals surface area contributed by atoms with Gasteiger partial charge in [-0.1, -0.05) is 23.8 Å². The summed E-state index contributed by atoms with van der Waals surface area (Å²) in [5, 5.41) is 5.83. The molecule has 1 aliphatic rings. The van der Waals surface area contributed by atoms with Crippen molar-refractivity contribution in [3.63, 3.8) is 0 Å². The van der Waals surface area contributed by atoms with Crippen LogP contribution in [0.3, 0.4) is 0 Å². The molecule has 2 N–H and O–H groups in total. The van der Waals surface area contributed by atoms with E-state index in [4.69, 9.17) is 9.47 Å². The highest BCUT2D eigenvalue weighted by Crippen LogP contribution is 2.32. The Bertz CT molecular complexity index is 748. The van der Waals surface area contributed by atoms with Crippen LogP contribution in [-0.4, -0.2) is 19.4 Å². The number of amides is 2. The van der Waals surface area contributed by atoms with Crippen molar-refractivity contribution in [1.29, 1.82) is 0 Å². The number of hydrogen-bond donors (Lipinski definition) is 2. The van der Waals surface area contributed by atoms with Crippen molar-refractivity contribution in [2.24, 2.45) is 0 Å². The van der Waals surface area contributed by atoms with Crippen LogP contribution >= 0.6 is 0 Å². The summed E-state index contributed by atoms with van der Waals surface area (Å²) in [6, 6.07) is 9.78. The zero-order chi connectivity index (χ0) is 17.1. The Labute approximate surface area is 142 Å². The summed E-state index contributed by atoms with van der Waals surface area (Å²) in [6.45, 7) is 6.88. The van der Waals surface area contributed by atoms with Gasteiger partial charge >= 0.3 is 6.03 Å². The summed E-state index contributed by atoms with van der Waals surface area (Å²) in [5.74, 6) is 1.54. The van der Waals surface area contributed by atoms with Gasteiger partial charge in [0.05, 0.1) is 0 Å². The zero-order valence-corrected chi connectivity index (χ0v) is 14.2. The average Bonchev–Trinajstić information content (AvgIpc) is 2.98. The Morgan fingerprint density at radius 2 is 1.75 bits per heavy atom. The van der Waals surface area contributed by atoms with Crippen LogP contribution in [0.5, 0.6) is 11.5 Å². The molecule has 3 rings (SSSR count). The smallest absolute Gasteiger partial charge is 0.319 e. The molecule has 24 heavy (non-hydrogen) atoms. The lowest BCUT2D eigenvalue weighted by Crippen LogP contribution is -2.31. The Balaban J connectivity index is 1.53. The number of rotatable bonds is 4. The lowest BCUT2D eigenvalue weighted by atomic mass is 10.1. The number of carbonyl (C=O) groups is 1. The van der Waals surface area contributed by atoms with Crippen LogP contribution in [0.25, 0.3) is 0 Å². The Kier molecular flexibility index (Phi) is 4.60. The third-order valence-corrected chi connectivity index (χ3v) is 4.05. The number of nitrogens with one attached hydrogen (secondary N) is 2. The molecule has 0 aliphatic carbocycles. The van der Waals surface area contributed by atoms with Gasteiger partial charge in [0.15, 0.2) is 11.5 Å². The summed E-state index contributed by atoms with van der Waals surface area (Å²) in [7, 11) is 0. The first-order valence-electron chi connectivity index (χ1n) is 8.04. The maximum Gasteiger partial charge on any atom is 0.319 e. The van der Waals surface area contributed by atoms with Gasteiger partial charge in [0.2, 0.25) is 6.79 Å². The van der Waals surface area contributed by atoms with Gasteiger partial charge in [0, 0.05) is 12.2 Å². The van der Waals surface area contributed by atoms with Gasteiger partial charge in [0.25, 0.3) is 0 Å². The molecule has 1 aliphatic heterocycles. The van der Waals surface area contributed by atoms with Crippen molar-refractivity contribution in [3.05, 3.63) is 52.6 Å². The Hall–Kier alpha value is -2.69. The van der Waals surface area contributed by atoms with Gasteiger partial charge in [-0.3, -0.25) is 0 Å². The van der Waals surface area contributed by atoms with E-state index in [1.165, 1.54) is 5.56 Å². The molecule has 5 nitrogen and oxygen atoms in total. The number of urea groups is 1. The van der Waals surface area contributed by atoms with Crippen LogP contribution in [0, 0.1) is 20.8 Å². The van der Waals surface area contributed by atoms with E-state index in [1.54, 1.807) is 0 Å². The first-order chi connectivity index (χ1) is 11.5. The second-order valence-corrected chi connectivity index (χ2v) is 6.09. The van der Waals surface area contributed by atoms with Crippen LogP contribution < -0.4 is 20.1 Å². The van der Waals surface area contributed by atoms with Crippen LogP contribution in [0.1, 0.15) is 22.3 Å². The van der Waals surface area contributed by atoms with Gasteiger partial charge in [-0.2, -0.15) is 0 Å². The minimum atomic E-state index is -0.189. The summed E-state index contributed by atoms with van der Waals surface area (Å²) in [5.41, 5.74) is 5.30. The summed E-state index contributed by atoms with van der Waals surface area (Å²) < 4.78 is 10.7. The molecule has 0 atom stereocenters. The standard InChI is InChI=1S/C19H22N2O3/c1-12-8-13(2)18(14(3)9-12)21-19(22)20-7-6-15-4-5-16-17(10-15)24-11-23-16/h4-5,8-10H,6-7,11H2,1-3H3,(H2,20,21,22). The van der Waals surface area contributed by atoms with Gasteiger partial charge in [0.1, 0.15) is 0 Å². The van der Waals surface area contributed by atoms with E-state index >= 15 is 0 Å². The van der Waals surface area contributed by atoms with Crippen LogP contribution in [0.4, 0.5) is 10.5 Å². The molecule has 5 heteroatoms. The van der Waals surface area contributed by atoms with Gasteiger partial charge < -0.3 is 20.1 Å². The Morgan fingerprint density at radius 3 is 2.50 bits per heavy atom. The number of anilines is 1. The normalized spacial score (nSPS) is 12.1. The molecule has 126 valence electrons. The fraction of sp³-hybridized carbons (Fsp3) is 0.316. The first-order valence-corrected chi connectivity index (χ1v) is 8.04. The molecule has 2 aromatic rings. The number of ether oxygens (including phenoxy) is 2. The molecule has 0 saturated carbocycles. The van der Waals surface area contributed by atoms with E-state index in [2.05, 4.69) is 29.7 Å². The zero-order valence-electron chi connectivity index (χ0n) is 14.2. The number of hydrogen-bond acceptors (Lipinski definition) is 3. The largest absolute Gasteiger partial charge is 0.454 e. The average molecular weight is 326 g/mol. The quantitative estimate of drug-likeness (QED) is 0.900. The fourth-order valence-corrected chi connectivity index (χ4v) is 2.95. The number of aryl methyl sites for hydroxylation is 3. The highest BCUT2D eigenvalue weighted by Gasteiger charge is 2.13. The molecule has 1 heterocycles. The minimum Gasteiger partial charge on any atom is -0.454 e. The molecule has 0 unspecified atom stereocenters. The first kappa shape index (κ1) is 16.2. The van der Waals surface area contributed by atoms with Crippen molar-refractivity contribution in [2.75, 3.05) is 18.7 Å². The number of carbonyl (C=O) groups excluding carboxylic acids is 1. The maximum absolute atomic E-state index is 12.1. The van der Waals surface area contributed by atoms with Crippen molar-refractivity contribution in [3.8, 4) is 11.5 Å². The third kappa shape index (κ3) is 3.62. The van der Waals surface area contributed by atoms with Crippen molar-refractivity contribution < 1.29 is 14.3 Å². The second kappa shape index (κ2) is 6.83. The lowest BCUT2D eigenvalue weighted by molar-refractivity contribution is 0.174. The van der Waals surface area contributed by atoms with Gasteiger partial charge in [-0.15, -0.1) is 0 Å². The molecule has 0 bridgehead atoms. The van der Waals surface area contributed by atoms with Crippen molar-refractivity contribution >= 4 is 11.7 Å². The summed E-state index contributed by atoms with van der Waals surface area (Å²) in [4.78, 5) is 12.1. The van der Waals surface area contributed by atoms with Gasteiger partial charge in [-0.25, -0.2) is 4.79 Å². The van der Waals surface area contributed by atoms with Crippen molar-refractivity contribution in [2.45, 2.75) is 27.2 Å². The number of benzene rings is 2. The fourth-order valence-electron chi connectivity index (χ4n) is 2.95. The number of fused-ring (bicyclic) bond motifs is 1. The molecule has 2 amide bonds. The van der Waals surface area contributed by atoms with Crippen molar-refractivity contribution in [1.82, 2.24) is 5.32 Å². The lowest BCUT2D eigenvalue weighted by Gasteiger charge is -2.13. The van der Waals surface area contributed by atoms with E-state index in [1.807, 2.05) is 32.0 Å². The highest BCUT2D eigenvalue weighted by atomic mass is 16.7. The van der Waals surface area contributed by atoms with E-state index in [9.17, 15) is 4.79 Å². The van der Waals surface area contributed by atoms with Crippen LogP contribution in [-0.2, 0) is 6.42 Å². The molecule has 0 saturated heterocycles. The molecule has 0 spiro atoms. The molecule has 2 aromatic carbocycles. The van der Waals surface area contributed by atoms with Gasteiger partial charge in [-0.05, 0) is 56.0 Å². The predicted molar refractivity (Wildman–Crippen MR) is 93.9 cm³/mol. The minimum absolute atomic E-state index is 0.189. The Morgan fingerprint density at radius 1 is 1.04 bits per heavy atom. The third-order valence-electron chi connectivity index (χ3n) is 4.05. The predicted octanol–water partition coefficient (Wildman–Crippen LogP) is 3.70. The molecule has 0 aromatic heterocycles. The maximum atomic E-state index is 12.1. The monoisotopic (exact) mass is 326 g/mol. The van der Waals surface area contributed by atoms with Crippen LogP contribution in [0.15, 0.2) is 30.3 Å². The van der Waals surface area contributed by atoms with E-state index in [0.717, 1.165) is 40.3 Å². The molecule has 0 radical (unpaired) electrons. The molecular weight excluding hydrogens is 304 g/mol. The topological polar surface area (TPSA) is 59.6 Å². The second-order valence-electron chi connectivity index (χ2n) is 6.09. The summed E-state index contributed by atoms with van der Waals surface area (Å²) in [6.07, 6.45) is 0.732. The summed E-state index contributed by atoms with van der Waals surface area (Å²) >= 11 is 0. The SMILES string of the molecule is Cc1cc(C)c(NC(=O)NCCc2ccc3c(c2)OCO3)c(C)c1. The molecular formula is C19H22N2O3. The van der Waals surface area contributed by atoms with E-state index < -0.39 is 0 Å². The van der Waals surface area contributed by atoms with E-state index in [0.29, 0.717) is 6.54 Å².